The maximum atomic E-state index is 10.3. The van der Waals surface area contributed by atoms with Crippen LogP contribution >= 0.6 is 0 Å². The molecular weight excluding hydrogens is 166 g/mol. The van der Waals surface area contributed by atoms with Gasteiger partial charge in [-0.05, 0) is 11.6 Å². The van der Waals surface area contributed by atoms with Crippen molar-refractivity contribution in [3.63, 3.8) is 0 Å². The molecule has 3 N–H and O–H groups in total. The summed E-state index contributed by atoms with van der Waals surface area (Å²) >= 11 is 0. The number of carboxylic acid groups (broad SMARTS) is 1. The molecule has 0 bridgehead atoms. The standard InChI is InChI=1S/C10H11NO2/c11-9(10(12)13)7-6-8-4-2-1-3-5-8/h1-7,9H,11H2,(H,12,13)/b7-6+/t9-/m0/s1. The second-order valence-electron chi connectivity index (χ2n) is 2.70. The summed E-state index contributed by atoms with van der Waals surface area (Å²) in [5.41, 5.74) is 4.36. The van der Waals surface area contributed by atoms with Gasteiger partial charge in [-0.2, -0.15) is 0 Å². The molecule has 68 valence electrons. The van der Waals surface area contributed by atoms with E-state index >= 15 is 0 Å². The maximum absolute atomic E-state index is 10.3. The fourth-order valence-electron chi connectivity index (χ4n) is 0.870. The van der Waals surface area contributed by atoms with E-state index in [4.69, 9.17) is 0 Å². The molecule has 0 aliphatic heterocycles. The topological polar surface area (TPSA) is 67.8 Å². The van der Waals surface area contributed by atoms with Gasteiger partial charge in [0, 0.05) is 0 Å². The molecule has 3 heteroatoms. The average molecular weight is 177 g/mol. The Hall–Kier alpha value is -1.61. The Morgan fingerprint density at radius 2 is 2.00 bits per heavy atom. The third-order valence-electron chi connectivity index (χ3n) is 1.62. The van der Waals surface area contributed by atoms with E-state index in [9.17, 15) is 9.90 Å². The Morgan fingerprint density at radius 1 is 1.38 bits per heavy atom. The van der Waals surface area contributed by atoms with Crippen molar-refractivity contribution in [2.75, 3.05) is 0 Å². The Kier molecular flexibility index (Phi) is 3.23. The van der Waals surface area contributed by atoms with Crippen LogP contribution in [-0.2, 0) is 4.79 Å². The van der Waals surface area contributed by atoms with E-state index in [-0.39, 0.29) is 0 Å². The van der Waals surface area contributed by atoms with Gasteiger partial charge in [-0.15, -0.1) is 0 Å². The summed E-state index contributed by atoms with van der Waals surface area (Å²) in [6.07, 6.45) is 3.22. The molecule has 0 aliphatic carbocycles. The summed E-state index contributed by atoms with van der Waals surface area (Å²) in [6.45, 7) is 0. The lowest BCUT2D eigenvalue weighted by Gasteiger charge is -2.02. The number of quaternary nitrogens is 1. The zero-order chi connectivity index (χ0) is 9.68. The van der Waals surface area contributed by atoms with Crippen LogP contribution in [0.5, 0.6) is 0 Å². The summed E-state index contributed by atoms with van der Waals surface area (Å²) in [7, 11) is 0. The van der Waals surface area contributed by atoms with Crippen molar-refractivity contribution in [1.29, 1.82) is 0 Å². The molecule has 1 aromatic carbocycles. The first kappa shape index (κ1) is 9.48. The van der Waals surface area contributed by atoms with Gasteiger partial charge in [0.25, 0.3) is 0 Å². The summed E-state index contributed by atoms with van der Waals surface area (Å²) in [6, 6.07) is 8.66. The van der Waals surface area contributed by atoms with Gasteiger partial charge in [0.2, 0.25) is 0 Å². The van der Waals surface area contributed by atoms with Crippen LogP contribution in [0.1, 0.15) is 5.56 Å². The summed E-state index contributed by atoms with van der Waals surface area (Å²) in [4.78, 5) is 10.3. The summed E-state index contributed by atoms with van der Waals surface area (Å²) in [5.74, 6) is -1.16. The highest BCUT2D eigenvalue weighted by molar-refractivity contribution is 5.73. The van der Waals surface area contributed by atoms with Gasteiger partial charge in [0.05, 0.1) is 0 Å². The number of aliphatic carboxylic acids is 1. The molecule has 0 heterocycles. The van der Waals surface area contributed by atoms with Crippen LogP contribution in [0.4, 0.5) is 0 Å². The Balaban J connectivity index is 2.64. The Bertz CT molecular complexity index is 306. The molecule has 3 nitrogen and oxygen atoms in total. The van der Waals surface area contributed by atoms with Crippen molar-refractivity contribution < 1.29 is 15.6 Å². The van der Waals surface area contributed by atoms with Gasteiger partial charge in [0.1, 0.15) is 12.0 Å². The van der Waals surface area contributed by atoms with Gasteiger partial charge in [-0.25, -0.2) is 0 Å². The molecule has 0 radical (unpaired) electrons. The highest BCUT2D eigenvalue weighted by Crippen LogP contribution is 2.00. The lowest BCUT2D eigenvalue weighted by Crippen LogP contribution is -2.67. The third-order valence-corrected chi connectivity index (χ3v) is 1.62. The smallest absolute Gasteiger partial charge is 0.144 e. The first-order valence-corrected chi connectivity index (χ1v) is 3.97. The first-order chi connectivity index (χ1) is 6.20. The van der Waals surface area contributed by atoms with Crippen LogP contribution < -0.4 is 10.8 Å². The van der Waals surface area contributed by atoms with Crippen molar-refractivity contribution in [2.24, 2.45) is 0 Å². The number of rotatable bonds is 3. The predicted octanol–water partition coefficient (Wildman–Crippen LogP) is -0.940. The molecule has 13 heavy (non-hydrogen) atoms. The fourth-order valence-corrected chi connectivity index (χ4v) is 0.870. The van der Waals surface area contributed by atoms with E-state index in [0.717, 1.165) is 5.56 Å². The number of hydrogen-bond donors (Lipinski definition) is 1. The number of carbonyl (C=O) groups is 1. The number of benzene rings is 1. The molecule has 0 fully saturated rings. The van der Waals surface area contributed by atoms with Gasteiger partial charge >= 0.3 is 0 Å². The van der Waals surface area contributed by atoms with Crippen molar-refractivity contribution in [1.82, 2.24) is 0 Å². The molecule has 0 amide bonds. The van der Waals surface area contributed by atoms with Crippen molar-refractivity contribution in [3.8, 4) is 0 Å². The van der Waals surface area contributed by atoms with E-state index < -0.39 is 12.0 Å². The van der Waals surface area contributed by atoms with Gasteiger partial charge in [0.15, 0.2) is 0 Å². The molecule has 1 rings (SSSR count). The highest BCUT2D eigenvalue weighted by Gasteiger charge is 1.99. The first-order valence-electron chi connectivity index (χ1n) is 3.97. The Labute approximate surface area is 76.5 Å². The molecule has 0 aromatic heterocycles. The van der Waals surface area contributed by atoms with E-state index in [1.807, 2.05) is 30.3 Å². The Morgan fingerprint density at radius 3 is 2.54 bits per heavy atom. The molecule has 0 aliphatic rings. The van der Waals surface area contributed by atoms with Crippen LogP contribution in [0.15, 0.2) is 36.4 Å². The van der Waals surface area contributed by atoms with E-state index in [0.29, 0.717) is 0 Å². The monoisotopic (exact) mass is 177 g/mol. The molecule has 1 aromatic rings. The highest BCUT2D eigenvalue weighted by atomic mass is 16.4. The minimum absolute atomic E-state index is 0.791. The van der Waals surface area contributed by atoms with Gasteiger partial charge in [-0.3, -0.25) is 0 Å². The molecule has 0 spiro atoms. The van der Waals surface area contributed by atoms with Crippen LogP contribution in [0, 0.1) is 0 Å². The third kappa shape index (κ3) is 3.09. The average Bonchev–Trinajstić information content (AvgIpc) is 2.15. The van der Waals surface area contributed by atoms with Crippen LogP contribution in [-0.4, -0.2) is 12.0 Å². The molecule has 0 unspecified atom stereocenters. The lowest BCUT2D eigenvalue weighted by atomic mass is 10.2. The van der Waals surface area contributed by atoms with Crippen LogP contribution in [0.3, 0.4) is 0 Å². The van der Waals surface area contributed by atoms with E-state index in [2.05, 4.69) is 5.73 Å². The van der Waals surface area contributed by atoms with Gasteiger partial charge < -0.3 is 15.6 Å². The number of carbonyl (C=O) groups excluding carboxylic acids is 1. The van der Waals surface area contributed by atoms with E-state index in [1.54, 1.807) is 6.08 Å². The van der Waals surface area contributed by atoms with Crippen LogP contribution in [0.25, 0.3) is 6.08 Å². The number of hydrogen-bond acceptors (Lipinski definition) is 2. The zero-order valence-electron chi connectivity index (χ0n) is 7.14. The lowest BCUT2D eigenvalue weighted by molar-refractivity contribution is -0.423. The zero-order valence-corrected chi connectivity index (χ0v) is 7.14. The fraction of sp³-hybridized carbons (Fsp3) is 0.100. The van der Waals surface area contributed by atoms with Crippen molar-refractivity contribution >= 4 is 12.0 Å². The number of carboxylic acids is 1. The largest absolute Gasteiger partial charge is 0.544 e. The quantitative estimate of drug-likeness (QED) is 0.647. The van der Waals surface area contributed by atoms with Gasteiger partial charge in [-0.1, -0.05) is 36.4 Å². The normalized spacial score (nSPS) is 13.0. The molecule has 1 atom stereocenters. The second kappa shape index (κ2) is 4.42. The molecular formula is C10H11NO2. The van der Waals surface area contributed by atoms with Crippen molar-refractivity contribution in [2.45, 2.75) is 6.04 Å². The maximum Gasteiger partial charge on any atom is 0.144 e. The minimum Gasteiger partial charge on any atom is -0.544 e. The molecule has 0 saturated heterocycles. The van der Waals surface area contributed by atoms with Crippen LogP contribution in [0.2, 0.25) is 0 Å². The SMILES string of the molecule is [NH3+][C@@H](/C=C/c1ccccc1)C(=O)[O-]. The summed E-state index contributed by atoms with van der Waals surface area (Å²) in [5, 5.41) is 10.3. The summed E-state index contributed by atoms with van der Waals surface area (Å²) < 4.78 is 0. The minimum atomic E-state index is -1.16. The van der Waals surface area contributed by atoms with Crippen molar-refractivity contribution in [3.05, 3.63) is 42.0 Å². The second-order valence-corrected chi connectivity index (χ2v) is 2.70. The molecule has 0 saturated carbocycles. The predicted molar refractivity (Wildman–Crippen MR) is 47.2 cm³/mol. The van der Waals surface area contributed by atoms with E-state index in [1.165, 1.54) is 6.08 Å².